The zero-order valence-corrected chi connectivity index (χ0v) is 17.0. The van der Waals surface area contributed by atoms with E-state index >= 15 is 0 Å². The number of nitro groups is 1. The maximum atomic E-state index is 14.6. The van der Waals surface area contributed by atoms with Gasteiger partial charge in [-0.15, -0.1) is 0 Å². The van der Waals surface area contributed by atoms with Crippen LogP contribution in [0.15, 0.2) is 54.9 Å². The number of aryl methyl sites for hydroxylation is 1. The Hall–Kier alpha value is -3.75. The van der Waals surface area contributed by atoms with E-state index in [4.69, 9.17) is 0 Å². The van der Waals surface area contributed by atoms with E-state index in [1.807, 2.05) is 4.90 Å². The number of benzene rings is 2. The molecule has 1 N–H and O–H groups in total. The van der Waals surface area contributed by atoms with Crippen LogP contribution in [0.1, 0.15) is 18.7 Å². The fourth-order valence-electron chi connectivity index (χ4n) is 3.93. The Kier molecular flexibility index (Phi) is 5.66. The molecule has 2 heterocycles. The average Bonchev–Trinajstić information content (AvgIpc) is 3.19. The lowest BCUT2D eigenvalue weighted by Gasteiger charge is -2.32. The number of para-hydroxylation sites is 2. The van der Waals surface area contributed by atoms with Crippen LogP contribution in [0.25, 0.3) is 5.69 Å². The number of nitro benzene ring substituents is 1. The van der Waals surface area contributed by atoms with Crippen molar-refractivity contribution in [3.05, 3.63) is 76.6 Å². The van der Waals surface area contributed by atoms with Gasteiger partial charge in [0, 0.05) is 43.2 Å². The van der Waals surface area contributed by atoms with Gasteiger partial charge in [0.25, 0.3) is 5.69 Å². The summed E-state index contributed by atoms with van der Waals surface area (Å²) in [5.41, 5.74) is 1.39. The summed E-state index contributed by atoms with van der Waals surface area (Å²) >= 11 is 0. The van der Waals surface area contributed by atoms with Gasteiger partial charge in [-0.05, 0) is 44.0 Å². The molecule has 0 spiro atoms. The Morgan fingerprint density at radius 3 is 2.58 bits per heavy atom. The van der Waals surface area contributed by atoms with E-state index < -0.39 is 10.7 Å². The number of carbonyl (C=O) groups is 1. The van der Waals surface area contributed by atoms with Gasteiger partial charge >= 0.3 is 0 Å². The van der Waals surface area contributed by atoms with Crippen LogP contribution in [0.5, 0.6) is 0 Å². The van der Waals surface area contributed by atoms with E-state index in [0.717, 1.165) is 0 Å². The van der Waals surface area contributed by atoms with E-state index in [2.05, 4.69) is 10.3 Å². The number of nitrogens with zero attached hydrogens (tertiary/aromatic N) is 4. The van der Waals surface area contributed by atoms with Crippen molar-refractivity contribution >= 4 is 23.0 Å². The molecule has 1 fully saturated rings. The van der Waals surface area contributed by atoms with Crippen LogP contribution in [0.3, 0.4) is 0 Å². The highest BCUT2D eigenvalue weighted by molar-refractivity contribution is 5.92. The predicted molar refractivity (Wildman–Crippen MR) is 115 cm³/mol. The molecule has 31 heavy (non-hydrogen) atoms. The fourth-order valence-corrected chi connectivity index (χ4v) is 3.93. The van der Waals surface area contributed by atoms with Gasteiger partial charge in [0.2, 0.25) is 5.91 Å². The lowest BCUT2D eigenvalue weighted by molar-refractivity contribution is -0.384. The Balaban J connectivity index is 1.39. The van der Waals surface area contributed by atoms with Gasteiger partial charge in [0.1, 0.15) is 17.3 Å². The first-order chi connectivity index (χ1) is 14.9. The number of hydrogen-bond donors (Lipinski definition) is 1. The smallest absolute Gasteiger partial charge is 0.292 e. The van der Waals surface area contributed by atoms with Gasteiger partial charge in [-0.3, -0.25) is 14.9 Å². The summed E-state index contributed by atoms with van der Waals surface area (Å²) in [5, 5.41) is 14.1. The Morgan fingerprint density at radius 2 is 1.94 bits per heavy atom. The second-order valence-corrected chi connectivity index (χ2v) is 7.51. The monoisotopic (exact) mass is 423 g/mol. The molecule has 1 aliphatic heterocycles. The summed E-state index contributed by atoms with van der Waals surface area (Å²) in [7, 11) is 0. The Bertz CT molecular complexity index is 1120. The molecule has 1 saturated heterocycles. The number of imidazole rings is 1. The molecule has 0 saturated carbocycles. The molecule has 3 aromatic rings. The third kappa shape index (κ3) is 4.25. The number of carbonyl (C=O) groups excluding carboxylic acids is 1. The molecule has 0 unspecified atom stereocenters. The minimum Gasteiger partial charge on any atom is -0.366 e. The molecule has 8 nitrogen and oxygen atoms in total. The Morgan fingerprint density at radius 1 is 1.19 bits per heavy atom. The van der Waals surface area contributed by atoms with Crippen molar-refractivity contribution in [1.82, 2.24) is 9.55 Å². The molecule has 0 aliphatic carbocycles. The molecule has 0 radical (unpaired) electrons. The van der Waals surface area contributed by atoms with Crippen molar-refractivity contribution in [3.63, 3.8) is 0 Å². The molecule has 160 valence electrons. The minimum absolute atomic E-state index is 0.0640. The lowest BCUT2D eigenvalue weighted by atomic mass is 9.95. The van der Waals surface area contributed by atoms with Crippen molar-refractivity contribution in [2.45, 2.75) is 19.8 Å². The first kappa shape index (κ1) is 20.5. The van der Waals surface area contributed by atoms with Crippen LogP contribution in [-0.2, 0) is 4.79 Å². The second-order valence-electron chi connectivity index (χ2n) is 7.51. The van der Waals surface area contributed by atoms with Crippen LogP contribution < -0.4 is 10.2 Å². The molecule has 1 aliphatic rings. The summed E-state index contributed by atoms with van der Waals surface area (Å²) in [6, 6.07) is 11.2. The molecule has 0 atom stereocenters. The van der Waals surface area contributed by atoms with Crippen molar-refractivity contribution in [2.75, 3.05) is 23.3 Å². The van der Waals surface area contributed by atoms with Gasteiger partial charge < -0.3 is 14.8 Å². The van der Waals surface area contributed by atoms with Crippen molar-refractivity contribution in [3.8, 4) is 5.69 Å². The number of halogens is 1. The third-order valence-corrected chi connectivity index (χ3v) is 5.59. The predicted octanol–water partition coefficient (Wildman–Crippen LogP) is 4.08. The van der Waals surface area contributed by atoms with Crippen LogP contribution in [0.4, 0.5) is 21.5 Å². The second kappa shape index (κ2) is 8.55. The van der Waals surface area contributed by atoms with Crippen LogP contribution in [0, 0.1) is 28.8 Å². The molecule has 2 aromatic carbocycles. The highest BCUT2D eigenvalue weighted by Crippen LogP contribution is 2.31. The maximum absolute atomic E-state index is 14.6. The van der Waals surface area contributed by atoms with E-state index in [1.54, 1.807) is 54.2 Å². The normalized spacial score (nSPS) is 14.5. The highest BCUT2D eigenvalue weighted by Gasteiger charge is 2.28. The topological polar surface area (TPSA) is 93.3 Å². The summed E-state index contributed by atoms with van der Waals surface area (Å²) in [5.74, 6) is -0.197. The molecule has 4 rings (SSSR count). The zero-order valence-electron chi connectivity index (χ0n) is 17.0. The number of piperidine rings is 1. The molecular weight excluding hydrogens is 401 g/mol. The Labute approximate surface area is 178 Å². The average molecular weight is 423 g/mol. The molecule has 1 aromatic heterocycles. The third-order valence-electron chi connectivity index (χ3n) is 5.59. The SMILES string of the molecule is Cc1nccn1-c1ccc(NC(=O)C2CCN(c3ccccc3[N+](=O)[O-])CC2)cc1F. The first-order valence-electron chi connectivity index (χ1n) is 10.0. The standard InChI is InChI=1S/C22H22FN5O3/c1-15-24-10-13-27(15)19-7-6-17(14-18(19)23)25-22(29)16-8-11-26(12-9-16)20-4-2-3-5-21(20)28(30)31/h2-7,10,13-14,16H,8-9,11-12H2,1H3,(H,25,29). The lowest BCUT2D eigenvalue weighted by Crippen LogP contribution is -2.38. The number of rotatable bonds is 5. The number of anilines is 2. The van der Waals surface area contributed by atoms with E-state index in [-0.39, 0.29) is 17.5 Å². The number of amides is 1. The highest BCUT2D eigenvalue weighted by atomic mass is 19.1. The number of aromatic nitrogens is 2. The summed E-state index contributed by atoms with van der Waals surface area (Å²) < 4.78 is 16.2. The van der Waals surface area contributed by atoms with E-state index in [1.165, 1.54) is 12.1 Å². The van der Waals surface area contributed by atoms with Gasteiger partial charge in [0.05, 0.1) is 10.6 Å². The number of nitrogens with one attached hydrogen (secondary N) is 1. The minimum atomic E-state index is -0.454. The molecule has 0 bridgehead atoms. The van der Waals surface area contributed by atoms with Crippen LogP contribution >= 0.6 is 0 Å². The molecule has 9 heteroatoms. The molecule has 1 amide bonds. The van der Waals surface area contributed by atoms with Crippen molar-refractivity contribution < 1.29 is 14.1 Å². The fraction of sp³-hybridized carbons (Fsp3) is 0.273. The summed E-state index contributed by atoms with van der Waals surface area (Å²) in [6.07, 6.45) is 4.40. The van der Waals surface area contributed by atoms with Crippen LogP contribution in [-0.4, -0.2) is 33.5 Å². The van der Waals surface area contributed by atoms with Gasteiger partial charge in [0.15, 0.2) is 0 Å². The van der Waals surface area contributed by atoms with Crippen molar-refractivity contribution in [1.29, 1.82) is 0 Å². The van der Waals surface area contributed by atoms with Gasteiger partial charge in [-0.25, -0.2) is 9.37 Å². The van der Waals surface area contributed by atoms with Crippen molar-refractivity contribution in [2.24, 2.45) is 5.92 Å². The molecular formula is C22H22FN5O3. The summed E-state index contributed by atoms with van der Waals surface area (Å²) in [4.78, 5) is 29.6. The summed E-state index contributed by atoms with van der Waals surface area (Å²) in [6.45, 7) is 2.86. The quantitative estimate of drug-likeness (QED) is 0.493. The van der Waals surface area contributed by atoms with E-state index in [0.29, 0.717) is 48.8 Å². The van der Waals surface area contributed by atoms with Gasteiger partial charge in [-0.1, -0.05) is 12.1 Å². The number of hydrogen-bond acceptors (Lipinski definition) is 5. The van der Waals surface area contributed by atoms with E-state index in [9.17, 15) is 19.3 Å². The van der Waals surface area contributed by atoms with Crippen LogP contribution in [0.2, 0.25) is 0 Å². The first-order valence-corrected chi connectivity index (χ1v) is 10.0. The largest absolute Gasteiger partial charge is 0.366 e. The zero-order chi connectivity index (χ0) is 22.0. The van der Waals surface area contributed by atoms with Gasteiger partial charge in [-0.2, -0.15) is 0 Å². The maximum Gasteiger partial charge on any atom is 0.292 e.